The van der Waals surface area contributed by atoms with Gasteiger partial charge in [0.2, 0.25) is 0 Å². The van der Waals surface area contributed by atoms with Crippen molar-refractivity contribution >= 4 is 47.2 Å². The number of hydrogen-bond donors (Lipinski definition) is 2. The van der Waals surface area contributed by atoms with Crippen LogP contribution in [0.4, 0.5) is 5.69 Å². The Balaban J connectivity index is 0.00000320. The molecule has 3 rings (SSSR count). The quantitative estimate of drug-likeness (QED) is 0.225. The van der Waals surface area contributed by atoms with Gasteiger partial charge in [0, 0.05) is 56.5 Å². The number of morpholine rings is 1. The SMILES string of the molecule is CCNC(=NCC1CCN(c2cc(Cl)ccc2C)C1)NCCCN1CCOCC1.I. The Hall–Kier alpha value is -0.770. The summed E-state index contributed by atoms with van der Waals surface area (Å²) < 4.78 is 5.41. The summed E-state index contributed by atoms with van der Waals surface area (Å²) in [6.07, 6.45) is 2.29. The Labute approximate surface area is 203 Å². The van der Waals surface area contributed by atoms with Crippen molar-refractivity contribution in [2.45, 2.75) is 26.7 Å². The smallest absolute Gasteiger partial charge is 0.191 e. The third-order valence-electron chi connectivity index (χ3n) is 5.70. The van der Waals surface area contributed by atoms with E-state index in [1.807, 2.05) is 6.07 Å². The Morgan fingerprint density at radius 2 is 2.03 bits per heavy atom. The Morgan fingerprint density at radius 3 is 2.80 bits per heavy atom. The second-order valence-electron chi connectivity index (χ2n) is 7.99. The minimum Gasteiger partial charge on any atom is -0.379 e. The highest BCUT2D eigenvalue weighted by molar-refractivity contribution is 14.0. The van der Waals surface area contributed by atoms with Crippen LogP contribution in [0, 0.1) is 12.8 Å². The van der Waals surface area contributed by atoms with Crippen LogP contribution < -0.4 is 15.5 Å². The van der Waals surface area contributed by atoms with Gasteiger partial charge in [0.05, 0.1) is 13.2 Å². The number of guanidine groups is 1. The molecule has 1 atom stereocenters. The monoisotopic (exact) mass is 549 g/mol. The van der Waals surface area contributed by atoms with E-state index >= 15 is 0 Å². The molecule has 2 saturated heterocycles. The van der Waals surface area contributed by atoms with Gasteiger partial charge in [-0.2, -0.15) is 0 Å². The molecule has 1 aromatic rings. The van der Waals surface area contributed by atoms with Crippen LogP contribution in [0.5, 0.6) is 0 Å². The topological polar surface area (TPSA) is 52.1 Å². The van der Waals surface area contributed by atoms with Crippen molar-refractivity contribution in [3.05, 3.63) is 28.8 Å². The minimum absolute atomic E-state index is 0. The largest absolute Gasteiger partial charge is 0.379 e. The lowest BCUT2D eigenvalue weighted by molar-refractivity contribution is 0.0376. The number of aryl methyl sites for hydroxylation is 1. The fourth-order valence-corrected chi connectivity index (χ4v) is 4.19. The number of anilines is 1. The lowest BCUT2D eigenvalue weighted by Gasteiger charge is -2.26. The lowest BCUT2D eigenvalue weighted by Crippen LogP contribution is -2.41. The lowest BCUT2D eigenvalue weighted by atomic mass is 10.1. The van der Waals surface area contributed by atoms with Gasteiger partial charge in [0.1, 0.15) is 0 Å². The molecule has 8 heteroatoms. The van der Waals surface area contributed by atoms with Crippen LogP contribution in [-0.4, -0.2) is 76.4 Å². The zero-order valence-electron chi connectivity index (χ0n) is 18.3. The molecule has 2 N–H and O–H groups in total. The molecule has 2 heterocycles. The van der Waals surface area contributed by atoms with E-state index in [-0.39, 0.29) is 24.0 Å². The summed E-state index contributed by atoms with van der Waals surface area (Å²) in [5.74, 6) is 1.52. The van der Waals surface area contributed by atoms with E-state index < -0.39 is 0 Å². The van der Waals surface area contributed by atoms with Crippen LogP contribution in [-0.2, 0) is 4.74 Å². The highest BCUT2D eigenvalue weighted by Crippen LogP contribution is 2.29. The first-order valence-electron chi connectivity index (χ1n) is 11.0. The standard InChI is InChI=1S/C22H36ClN5O.HI/c1-3-24-22(25-8-4-9-27-11-13-29-14-12-27)26-16-19-7-10-28(17-19)21-15-20(23)6-5-18(21)2;/h5-6,15,19H,3-4,7-14,16-17H2,1-2H3,(H2,24,25,26);1H. The van der Waals surface area contributed by atoms with Crippen molar-refractivity contribution in [1.29, 1.82) is 0 Å². The molecule has 30 heavy (non-hydrogen) atoms. The first-order chi connectivity index (χ1) is 14.2. The summed E-state index contributed by atoms with van der Waals surface area (Å²) in [5, 5.41) is 7.68. The van der Waals surface area contributed by atoms with Crippen LogP contribution in [0.15, 0.2) is 23.2 Å². The second-order valence-corrected chi connectivity index (χ2v) is 8.42. The predicted octanol–water partition coefficient (Wildman–Crippen LogP) is 3.37. The summed E-state index contributed by atoms with van der Waals surface area (Å²) in [6, 6.07) is 6.15. The van der Waals surface area contributed by atoms with E-state index in [1.165, 1.54) is 17.7 Å². The summed E-state index contributed by atoms with van der Waals surface area (Å²) in [6.45, 7) is 14.0. The number of nitrogens with one attached hydrogen (secondary N) is 2. The number of hydrogen-bond acceptors (Lipinski definition) is 4. The molecule has 0 aromatic heterocycles. The molecule has 2 fully saturated rings. The zero-order chi connectivity index (χ0) is 20.5. The molecule has 2 aliphatic heterocycles. The third kappa shape index (κ3) is 8.05. The van der Waals surface area contributed by atoms with E-state index in [9.17, 15) is 0 Å². The second kappa shape index (κ2) is 13.6. The molecule has 6 nitrogen and oxygen atoms in total. The normalized spacial score (nSPS) is 20.2. The zero-order valence-corrected chi connectivity index (χ0v) is 21.4. The van der Waals surface area contributed by atoms with Gasteiger partial charge in [0.15, 0.2) is 5.96 Å². The molecule has 170 valence electrons. The third-order valence-corrected chi connectivity index (χ3v) is 5.93. The summed E-state index contributed by atoms with van der Waals surface area (Å²) in [4.78, 5) is 9.78. The maximum atomic E-state index is 6.20. The fourth-order valence-electron chi connectivity index (χ4n) is 4.02. The number of ether oxygens (including phenoxy) is 1. The van der Waals surface area contributed by atoms with E-state index in [0.29, 0.717) is 5.92 Å². The van der Waals surface area contributed by atoms with E-state index in [2.05, 4.69) is 46.4 Å². The Kier molecular flexibility index (Phi) is 11.6. The average molecular weight is 550 g/mol. The van der Waals surface area contributed by atoms with E-state index in [1.54, 1.807) is 0 Å². The van der Waals surface area contributed by atoms with Gasteiger partial charge in [-0.15, -0.1) is 24.0 Å². The molecule has 1 unspecified atom stereocenters. The van der Waals surface area contributed by atoms with Crippen LogP contribution in [0.1, 0.15) is 25.3 Å². The van der Waals surface area contributed by atoms with E-state index in [4.69, 9.17) is 21.3 Å². The first kappa shape index (κ1) is 25.5. The molecule has 0 bridgehead atoms. The first-order valence-corrected chi connectivity index (χ1v) is 11.4. The molecule has 2 aliphatic rings. The van der Waals surface area contributed by atoms with Gasteiger partial charge in [-0.1, -0.05) is 17.7 Å². The number of rotatable bonds is 8. The number of benzene rings is 1. The van der Waals surface area contributed by atoms with Gasteiger partial charge in [-0.3, -0.25) is 9.89 Å². The van der Waals surface area contributed by atoms with Crippen LogP contribution in [0.25, 0.3) is 0 Å². The minimum atomic E-state index is 0. The molecule has 0 amide bonds. The summed E-state index contributed by atoms with van der Waals surface area (Å²) >= 11 is 6.20. The fraction of sp³-hybridized carbons (Fsp3) is 0.682. The number of nitrogens with zero attached hydrogens (tertiary/aromatic N) is 3. The maximum Gasteiger partial charge on any atom is 0.191 e. The van der Waals surface area contributed by atoms with Crippen molar-refractivity contribution < 1.29 is 4.74 Å². The van der Waals surface area contributed by atoms with Gasteiger partial charge in [0.25, 0.3) is 0 Å². The number of halogens is 2. The van der Waals surface area contributed by atoms with Crippen molar-refractivity contribution in [3.63, 3.8) is 0 Å². The van der Waals surface area contributed by atoms with Crippen molar-refractivity contribution in [3.8, 4) is 0 Å². The molecular formula is C22H37ClIN5O. The Bertz CT molecular complexity index is 669. The highest BCUT2D eigenvalue weighted by Gasteiger charge is 2.23. The van der Waals surface area contributed by atoms with Gasteiger partial charge < -0.3 is 20.3 Å². The molecule has 0 saturated carbocycles. The molecule has 0 aliphatic carbocycles. The predicted molar refractivity (Wildman–Crippen MR) is 138 cm³/mol. The molecule has 0 spiro atoms. The van der Waals surface area contributed by atoms with Gasteiger partial charge in [-0.05, 0) is 56.8 Å². The van der Waals surface area contributed by atoms with Crippen molar-refractivity contribution in [1.82, 2.24) is 15.5 Å². The molecular weight excluding hydrogens is 513 g/mol. The van der Waals surface area contributed by atoms with Crippen molar-refractivity contribution in [2.24, 2.45) is 10.9 Å². The van der Waals surface area contributed by atoms with E-state index in [0.717, 1.165) is 83.0 Å². The maximum absolute atomic E-state index is 6.20. The van der Waals surface area contributed by atoms with Gasteiger partial charge in [-0.25, -0.2) is 0 Å². The van der Waals surface area contributed by atoms with Crippen LogP contribution in [0.2, 0.25) is 5.02 Å². The molecule has 0 radical (unpaired) electrons. The summed E-state index contributed by atoms with van der Waals surface area (Å²) in [7, 11) is 0. The average Bonchev–Trinajstić information content (AvgIpc) is 3.20. The highest BCUT2D eigenvalue weighted by atomic mass is 127. The van der Waals surface area contributed by atoms with Crippen molar-refractivity contribution in [2.75, 3.05) is 70.5 Å². The number of aliphatic imine (C=N–C) groups is 1. The molecule has 1 aromatic carbocycles. The summed E-state index contributed by atoms with van der Waals surface area (Å²) in [5.41, 5.74) is 2.55. The van der Waals surface area contributed by atoms with Gasteiger partial charge >= 0.3 is 0 Å². The van der Waals surface area contributed by atoms with Crippen LogP contribution >= 0.6 is 35.6 Å². The van der Waals surface area contributed by atoms with Crippen LogP contribution in [0.3, 0.4) is 0 Å². The Morgan fingerprint density at radius 1 is 1.23 bits per heavy atom.